The van der Waals surface area contributed by atoms with Gasteiger partial charge in [0.05, 0.1) is 25.4 Å². The van der Waals surface area contributed by atoms with Crippen molar-refractivity contribution in [3.8, 4) is 0 Å². The SMILES string of the molecule is CCNC(=NCC(C)(C)N(C)C)N1CCC(OCC2CCCCO2)CC1.I. The third kappa shape index (κ3) is 8.41. The average Bonchev–Trinajstić information content (AvgIpc) is 2.64. The van der Waals surface area contributed by atoms with E-state index in [0.717, 1.165) is 64.6 Å². The zero-order valence-corrected chi connectivity index (χ0v) is 20.3. The molecule has 27 heavy (non-hydrogen) atoms. The van der Waals surface area contributed by atoms with Crippen molar-refractivity contribution in [3.05, 3.63) is 0 Å². The number of rotatable bonds is 7. The van der Waals surface area contributed by atoms with E-state index in [1.807, 2.05) is 0 Å². The van der Waals surface area contributed by atoms with Gasteiger partial charge in [0, 0.05) is 31.8 Å². The van der Waals surface area contributed by atoms with Crippen LogP contribution in [0.2, 0.25) is 0 Å². The van der Waals surface area contributed by atoms with Crippen molar-refractivity contribution in [1.82, 2.24) is 15.1 Å². The molecule has 2 aliphatic heterocycles. The molecule has 2 fully saturated rings. The third-order valence-electron chi connectivity index (χ3n) is 5.69. The minimum absolute atomic E-state index is 0. The van der Waals surface area contributed by atoms with Crippen molar-refractivity contribution in [2.75, 3.05) is 53.5 Å². The lowest BCUT2D eigenvalue weighted by molar-refractivity contribution is -0.0721. The molecule has 2 rings (SSSR count). The van der Waals surface area contributed by atoms with Gasteiger partial charge in [0.1, 0.15) is 0 Å². The van der Waals surface area contributed by atoms with Gasteiger partial charge >= 0.3 is 0 Å². The molecule has 0 aromatic rings. The van der Waals surface area contributed by atoms with Crippen molar-refractivity contribution < 1.29 is 9.47 Å². The zero-order chi connectivity index (χ0) is 19.0. The Morgan fingerprint density at radius 2 is 1.93 bits per heavy atom. The molecule has 0 bridgehead atoms. The quantitative estimate of drug-likeness (QED) is 0.334. The van der Waals surface area contributed by atoms with E-state index >= 15 is 0 Å². The standard InChI is InChI=1S/C20H40N4O2.HI/c1-6-21-19(22-16-20(2,3)23(4)5)24-12-10-17(11-13-24)26-15-18-9-7-8-14-25-18;/h17-18H,6-16H2,1-5H3,(H,21,22);1H. The van der Waals surface area contributed by atoms with Gasteiger partial charge in [-0.15, -0.1) is 24.0 Å². The lowest BCUT2D eigenvalue weighted by Gasteiger charge is -2.36. The lowest BCUT2D eigenvalue weighted by Crippen LogP contribution is -2.48. The van der Waals surface area contributed by atoms with E-state index in [1.54, 1.807) is 0 Å². The summed E-state index contributed by atoms with van der Waals surface area (Å²) in [5.74, 6) is 1.04. The van der Waals surface area contributed by atoms with Crippen LogP contribution in [0, 0.1) is 0 Å². The predicted molar refractivity (Wildman–Crippen MR) is 123 cm³/mol. The number of likely N-dealkylation sites (tertiary alicyclic amines) is 1. The molecule has 160 valence electrons. The second kappa shape index (κ2) is 12.4. The Hall–Kier alpha value is -0.120. The predicted octanol–water partition coefficient (Wildman–Crippen LogP) is 2.96. The van der Waals surface area contributed by atoms with Crippen LogP contribution in [-0.4, -0.2) is 87.0 Å². The summed E-state index contributed by atoms with van der Waals surface area (Å²) in [7, 11) is 4.22. The molecule has 1 atom stereocenters. The molecule has 2 saturated heterocycles. The summed E-state index contributed by atoms with van der Waals surface area (Å²) in [5.41, 5.74) is 0.0576. The Balaban J connectivity index is 0.00000364. The summed E-state index contributed by atoms with van der Waals surface area (Å²) in [4.78, 5) is 9.51. The maximum Gasteiger partial charge on any atom is 0.193 e. The molecular formula is C20H41IN4O2. The second-order valence-corrected chi connectivity index (χ2v) is 8.39. The van der Waals surface area contributed by atoms with Crippen molar-refractivity contribution in [2.24, 2.45) is 4.99 Å². The minimum atomic E-state index is 0. The minimum Gasteiger partial charge on any atom is -0.376 e. The van der Waals surface area contributed by atoms with Gasteiger partial charge in [0.2, 0.25) is 0 Å². The number of hydrogen-bond acceptors (Lipinski definition) is 4. The van der Waals surface area contributed by atoms with Crippen LogP contribution in [0.3, 0.4) is 0 Å². The van der Waals surface area contributed by atoms with Crippen LogP contribution in [0.1, 0.15) is 52.9 Å². The molecule has 7 heteroatoms. The van der Waals surface area contributed by atoms with Crippen LogP contribution in [0.4, 0.5) is 0 Å². The summed E-state index contributed by atoms with van der Waals surface area (Å²) < 4.78 is 11.9. The van der Waals surface area contributed by atoms with E-state index in [4.69, 9.17) is 14.5 Å². The van der Waals surface area contributed by atoms with Crippen LogP contribution in [0.5, 0.6) is 0 Å². The van der Waals surface area contributed by atoms with Gasteiger partial charge in [-0.3, -0.25) is 4.99 Å². The highest BCUT2D eigenvalue weighted by Crippen LogP contribution is 2.18. The van der Waals surface area contributed by atoms with E-state index in [-0.39, 0.29) is 29.5 Å². The van der Waals surface area contributed by atoms with Crippen LogP contribution in [0.15, 0.2) is 4.99 Å². The molecule has 0 aromatic heterocycles. The molecule has 1 unspecified atom stereocenters. The van der Waals surface area contributed by atoms with Crippen LogP contribution < -0.4 is 5.32 Å². The Morgan fingerprint density at radius 1 is 1.22 bits per heavy atom. The van der Waals surface area contributed by atoms with Gasteiger partial charge < -0.3 is 24.6 Å². The molecule has 2 heterocycles. The Kier molecular flexibility index (Phi) is 11.5. The first-order valence-electron chi connectivity index (χ1n) is 10.4. The number of ether oxygens (including phenoxy) is 2. The smallest absolute Gasteiger partial charge is 0.193 e. The first-order chi connectivity index (χ1) is 12.4. The molecule has 0 spiro atoms. The molecule has 0 aromatic carbocycles. The van der Waals surface area contributed by atoms with Crippen LogP contribution >= 0.6 is 24.0 Å². The second-order valence-electron chi connectivity index (χ2n) is 8.39. The Bertz CT molecular complexity index is 432. The monoisotopic (exact) mass is 496 g/mol. The fraction of sp³-hybridized carbons (Fsp3) is 0.950. The number of halogens is 1. The molecule has 1 N–H and O–H groups in total. The molecule has 0 radical (unpaired) electrons. The fourth-order valence-corrected chi connectivity index (χ4v) is 3.25. The topological polar surface area (TPSA) is 49.3 Å². The lowest BCUT2D eigenvalue weighted by atomic mass is 10.1. The van der Waals surface area contributed by atoms with Crippen LogP contribution in [0.25, 0.3) is 0 Å². The number of nitrogens with zero attached hydrogens (tertiary/aromatic N) is 3. The third-order valence-corrected chi connectivity index (χ3v) is 5.69. The molecule has 0 amide bonds. The summed E-state index contributed by atoms with van der Waals surface area (Å²) in [6.45, 7) is 11.9. The molecule has 6 nitrogen and oxygen atoms in total. The first-order valence-corrected chi connectivity index (χ1v) is 10.4. The number of piperidine rings is 1. The number of nitrogens with one attached hydrogen (secondary N) is 1. The molecule has 0 aliphatic carbocycles. The number of guanidine groups is 1. The number of likely N-dealkylation sites (N-methyl/N-ethyl adjacent to an activating group) is 1. The van der Waals surface area contributed by atoms with Gasteiger partial charge in [-0.05, 0) is 67.0 Å². The highest BCUT2D eigenvalue weighted by atomic mass is 127. The van der Waals surface area contributed by atoms with Crippen molar-refractivity contribution >= 4 is 29.9 Å². The Labute approximate surface area is 183 Å². The van der Waals surface area contributed by atoms with E-state index in [0.29, 0.717) is 12.2 Å². The van der Waals surface area contributed by atoms with Gasteiger partial charge in [0.25, 0.3) is 0 Å². The summed E-state index contributed by atoms with van der Waals surface area (Å²) in [6.07, 6.45) is 6.43. The summed E-state index contributed by atoms with van der Waals surface area (Å²) >= 11 is 0. The highest BCUT2D eigenvalue weighted by molar-refractivity contribution is 14.0. The summed E-state index contributed by atoms with van der Waals surface area (Å²) in [6, 6.07) is 0. The Morgan fingerprint density at radius 3 is 2.48 bits per heavy atom. The first kappa shape index (κ1) is 24.9. The van der Waals surface area contributed by atoms with Gasteiger partial charge in [-0.1, -0.05) is 0 Å². The maximum absolute atomic E-state index is 6.14. The molecule has 2 aliphatic rings. The van der Waals surface area contributed by atoms with Crippen LogP contribution in [-0.2, 0) is 9.47 Å². The van der Waals surface area contributed by atoms with Crippen molar-refractivity contribution in [2.45, 2.75) is 70.6 Å². The molecular weight excluding hydrogens is 455 g/mol. The fourth-order valence-electron chi connectivity index (χ4n) is 3.25. The van der Waals surface area contributed by atoms with Crippen molar-refractivity contribution in [1.29, 1.82) is 0 Å². The number of aliphatic imine (C=N–C) groups is 1. The highest BCUT2D eigenvalue weighted by Gasteiger charge is 2.25. The van der Waals surface area contributed by atoms with E-state index < -0.39 is 0 Å². The van der Waals surface area contributed by atoms with Gasteiger partial charge in [0.15, 0.2) is 5.96 Å². The molecule has 0 saturated carbocycles. The average molecular weight is 496 g/mol. The van der Waals surface area contributed by atoms with E-state index in [1.165, 1.54) is 12.8 Å². The summed E-state index contributed by atoms with van der Waals surface area (Å²) in [5, 5.41) is 3.46. The number of hydrogen-bond donors (Lipinski definition) is 1. The van der Waals surface area contributed by atoms with E-state index in [2.05, 4.69) is 50.0 Å². The normalized spacial score (nSPS) is 22.7. The van der Waals surface area contributed by atoms with Gasteiger partial charge in [-0.25, -0.2) is 0 Å². The zero-order valence-electron chi connectivity index (χ0n) is 18.0. The maximum atomic E-state index is 6.14. The van der Waals surface area contributed by atoms with Gasteiger partial charge in [-0.2, -0.15) is 0 Å². The van der Waals surface area contributed by atoms with Crippen molar-refractivity contribution in [3.63, 3.8) is 0 Å². The largest absolute Gasteiger partial charge is 0.376 e. The van der Waals surface area contributed by atoms with E-state index in [9.17, 15) is 0 Å².